The molecule has 0 aliphatic carbocycles. The number of amides is 1. The van der Waals surface area contributed by atoms with E-state index in [0.29, 0.717) is 5.75 Å². The lowest BCUT2D eigenvalue weighted by atomic mass is 10.1. The molecule has 1 amide bonds. The van der Waals surface area contributed by atoms with E-state index in [1.165, 1.54) is 55.9 Å². The zero-order valence-corrected chi connectivity index (χ0v) is 11.6. The molecule has 1 heterocycles. The normalized spacial score (nSPS) is 12.5. The number of benzene rings is 1. The van der Waals surface area contributed by atoms with Crippen molar-refractivity contribution in [3.05, 3.63) is 59.9 Å². The summed E-state index contributed by atoms with van der Waals surface area (Å²) in [5.41, 5.74) is 0.0356. The summed E-state index contributed by atoms with van der Waals surface area (Å²) < 4.78 is 44.5. The molecular formula is C15H13F3N2O2. The van der Waals surface area contributed by atoms with Crippen LogP contribution in [0.3, 0.4) is 0 Å². The van der Waals surface area contributed by atoms with Crippen LogP contribution in [0, 0.1) is 0 Å². The van der Waals surface area contributed by atoms with Crippen LogP contribution in [0.1, 0.15) is 22.0 Å². The second-order valence-corrected chi connectivity index (χ2v) is 4.46. The summed E-state index contributed by atoms with van der Waals surface area (Å²) in [7, 11) is 1.42. The number of alkyl halides is 3. The summed E-state index contributed by atoms with van der Waals surface area (Å²) in [4.78, 5) is 15.7. The maximum atomic E-state index is 13.2. The van der Waals surface area contributed by atoms with E-state index in [2.05, 4.69) is 4.98 Å². The quantitative estimate of drug-likeness (QED) is 0.944. The number of pyridine rings is 1. The van der Waals surface area contributed by atoms with Gasteiger partial charge in [0.05, 0.1) is 7.11 Å². The number of halogens is 3. The Morgan fingerprint density at radius 3 is 2.23 bits per heavy atom. The molecular weight excluding hydrogens is 297 g/mol. The van der Waals surface area contributed by atoms with E-state index in [0.717, 1.165) is 0 Å². The molecule has 1 atom stereocenters. The third-order valence-electron chi connectivity index (χ3n) is 2.99. The van der Waals surface area contributed by atoms with Crippen LogP contribution < -0.4 is 10.1 Å². The van der Waals surface area contributed by atoms with Gasteiger partial charge in [0.2, 0.25) is 0 Å². The van der Waals surface area contributed by atoms with Crippen molar-refractivity contribution in [2.75, 3.05) is 7.11 Å². The summed E-state index contributed by atoms with van der Waals surface area (Å²) in [5, 5.41) is 1.99. The summed E-state index contributed by atoms with van der Waals surface area (Å²) in [6.07, 6.45) is -1.94. The Morgan fingerprint density at radius 2 is 1.73 bits per heavy atom. The molecule has 116 valence electrons. The second kappa shape index (κ2) is 6.46. The van der Waals surface area contributed by atoms with Gasteiger partial charge in [0.1, 0.15) is 5.75 Å². The van der Waals surface area contributed by atoms with Crippen LogP contribution in [0.5, 0.6) is 5.75 Å². The van der Waals surface area contributed by atoms with Crippen molar-refractivity contribution in [1.29, 1.82) is 0 Å². The van der Waals surface area contributed by atoms with E-state index in [1.807, 2.05) is 5.32 Å². The molecule has 1 aromatic heterocycles. The Labute approximate surface area is 124 Å². The number of hydrogen-bond acceptors (Lipinski definition) is 3. The van der Waals surface area contributed by atoms with E-state index < -0.39 is 18.1 Å². The van der Waals surface area contributed by atoms with Gasteiger partial charge in [-0.3, -0.25) is 9.78 Å². The van der Waals surface area contributed by atoms with Crippen molar-refractivity contribution in [3.63, 3.8) is 0 Å². The molecule has 0 radical (unpaired) electrons. The van der Waals surface area contributed by atoms with Gasteiger partial charge in [0, 0.05) is 18.0 Å². The number of nitrogens with one attached hydrogen (secondary N) is 1. The van der Waals surface area contributed by atoms with E-state index in [-0.39, 0.29) is 11.1 Å². The molecule has 2 rings (SSSR count). The average molecular weight is 310 g/mol. The fourth-order valence-corrected chi connectivity index (χ4v) is 1.87. The monoisotopic (exact) mass is 310 g/mol. The molecule has 0 aliphatic rings. The molecule has 0 spiro atoms. The number of hydrogen-bond donors (Lipinski definition) is 1. The number of carbonyl (C=O) groups is 1. The van der Waals surface area contributed by atoms with Gasteiger partial charge in [-0.05, 0) is 29.8 Å². The number of nitrogens with zero attached hydrogens (tertiary/aromatic N) is 1. The summed E-state index contributed by atoms with van der Waals surface area (Å²) in [5.74, 6) is -0.384. The van der Waals surface area contributed by atoms with Gasteiger partial charge in [-0.25, -0.2) is 0 Å². The third kappa shape index (κ3) is 3.75. The highest BCUT2D eigenvalue weighted by Crippen LogP contribution is 2.33. The van der Waals surface area contributed by atoms with Crippen LogP contribution in [0.2, 0.25) is 0 Å². The Balaban J connectivity index is 2.25. The van der Waals surface area contributed by atoms with Gasteiger partial charge in [-0.2, -0.15) is 13.2 Å². The molecule has 1 N–H and O–H groups in total. The lowest BCUT2D eigenvalue weighted by molar-refractivity contribution is -0.155. The van der Waals surface area contributed by atoms with Crippen LogP contribution in [0.15, 0.2) is 48.8 Å². The number of ether oxygens (including phenoxy) is 1. The molecule has 0 fully saturated rings. The van der Waals surface area contributed by atoms with Crippen molar-refractivity contribution in [2.24, 2.45) is 0 Å². The predicted molar refractivity (Wildman–Crippen MR) is 73.5 cm³/mol. The SMILES string of the molecule is COc1ccc([C@H](NC(=O)c2ccncc2)C(F)(F)F)cc1. The van der Waals surface area contributed by atoms with Crippen LogP contribution in [0.4, 0.5) is 13.2 Å². The molecule has 22 heavy (non-hydrogen) atoms. The Hall–Kier alpha value is -2.57. The minimum absolute atomic E-state index is 0.0734. The summed E-state index contributed by atoms with van der Waals surface area (Å²) in [6.45, 7) is 0. The minimum Gasteiger partial charge on any atom is -0.497 e. The lowest BCUT2D eigenvalue weighted by Gasteiger charge is -2.22. The molecule has 2 aromatic rings. The first-order valence-corrected chi connectivity index (χ1v) is 6.33. The molecule has 0 aliphatic heterocycles. The first-order valence-electron chi connectivity index (χ1n) is 6.33. The molecule has 4 nitrogen and oxygen atoms in total. The van der Waals surface area contributed by atoms with Crippen LogP contribution in [0.25, 0.3) is 0 Å². The number of carbonyl (C=O) groups excluding carboxylic acids is 1. The second-order valence-electron chi connectivity index (χ2n) is 4.46. The van der Waals surface area contributed by atoms with E-state index >= 15 is 0 Å². The zero-order valence-electron chi connectivity index (χ0n) is 11.6. The van der Waals surface area contributed by atoms with Crippen molar-refractivity contribution >= 4 is 5.91 Å². The average Bonchev–Trinajstić information content (AvgIpc) is 2.52. The Morgan fingerprint density at radius 1 is 1.14 bits per heavy atom. The fourth-order valence-electron chi connectivity index (χ4n) is 1.87. The summed E-state index contributed by atoms with van der Waals surface area (Å²) in [6, 6.07) is 5.94. The van der Waals surface area contributed by atoms with Gasteiger partial charge in [-0.15, -0.1) is 0 Å². The maximum absolute atomic E-state index is 13.2. The minimum atomic E-state index is -4.61. The maximum Gasteiger partial charge on any atom is 0.412 e. The smallest absolute Gasteiger partial charge is 0.412 e. The van der Waals surface area contributed by atoms with Gasteiger partial charge < -0.3 is 10.1 Å². The van der Waals surface area contributed by atoms with Gasteiger partial charge in [0.25, 0.3) is 5.91 Å². The summed E-state index contributed by atoms with van der Waals surface area (Å²) >= 11 is 0. The standard InChI is InChI=1S/C15H13F3N2O2/c1-22-12-4-2-10(3-5-12)13(15(16,17)18)20-14(21)11-6-8-19-9-7-11/h2-9,13H,1H3,(H,20,21)/t13-/m0/s1. The molecule has 1 aromatic carbocycles. The van der Waals surface area contributed by atoms with Gasteiger partial charge in [0.15, 0.2) is 6.04 Å². The predicted octanol–water partition coefficient (Wildman–Crippen LogP) is 3.12. The van der Waals surface area contributed by atoms with E-state index in [9.17, 15) is 18.0 Å². The number of rotatable bonds is 4. The molecule has 0 unspecified atom stereocenters. The van der Waals surface area contributed by atoms with Crippen LogP contribution >= 0.6 is 0 Å². The highest BCUT2D eigenvalue weighted by Gasteiger charge is 2.42. The van der Waals surface area contributed by atoms with Gasteiger partial charge in [-0.1, -0.05) is 12.1 Å². The van der Waals surface area contributed by atoms with Crippen molar-refractivity contribution in [2.45, 2.75) is 12.2 Å². The number of aromatic nitrogens is 1. The van der Waals surface area contributed by atoms with Crippen molar-refractivity contribution < 1.29 is 22.7 Å². The fraction of sp³-hybridized carbons (Fsp3) is 0.200. The molecule has 0 saturated carbocycles. The van der Waals surface area contributed by atoms with Gasteiger partial charge >= 0.3 is 6.18 Å². The first-order chi connectivity index (χ1) is 10.4. The van der Waals surface area contributed by atoms with Crippen molar-refractivity contribution in [1.82, 2.24) is 10.3 Å². The number of methoxy groups -OCH3 is 1. The van der Waals surface area contributed by atoms with Crippen LogP contribution in [-0.2, 0) is 0 Å². The molecule has 0 bridgehead atoms. The highest BCUT2D eigenvalue weighted by atomic mass is 19.4. The van der Waals surface area contributed by atoms with E-state index in [1.54, 1.807) is 0 Å². The largest absolute Gasteiger partial charge is 0.497 e. The Bertz CT molecular complexity index is 627. The highest BCUT2D eigenvalue weighted by molar-refractivity contribution is 5.94. The lowest BCUT2D eigenvalue weighted by Crippen LogP contribution is -2.38. The first kappa shape index (κ1) is 15.8. The topological polar surface area (TPSA) is 51.2 Å². The zero-order chi connectivity index (χ0) is 16.2. The third-order valence-corrected chi connectivity index (χ3v) is 2.99. The Kier molecular flexibility index (Phi) is 4.65. The van der Waals surface area contributed by atoms with E-state index in [4.69, 9.17) is 4.74 Å². The van der Waals surface area contributed by atoms with Crippen molar-refractivity contribution in [3.8, 4) is 5.75 Å². The molecule has 7 heteroatoms. The van der Waals surface area contributed by atoms with Crippen LogP contribution in [-0.4, -0.2) is 24.2 Å². The molecule has 0 saturated heterocycles.